The zero-order valence-corrected chi connectivity index (χ0v) is 14.1. The average molecular weight is 336 g/mol. The van der Waals surface area contributed by atoms with E-state index in [1.165, 1.54) is 28.8 Å². The van der Waals surface area contributed by atoms with Gasteiger partial charge in [0.05, 0.1) is 5.39 Å². The van der Waals surface area contributed by atoms with Crippen LogP contribution in [0, 0.1) is 6.92 Å². The van der Waals surface area contributed by atoms with Crippen molar-refractivity contribution >= 4 is 39.0 Å². The van der Waals surface area contributed by atoms with E-state index >= 15 is 0 Å². The van der Waals surface area contributed by atoms with E-state index in [-0.39, 0.29) is 5.95 Å². The predicted octanol–water partition coefficient (Wildman–Crippen LogP) is 5.56. The summed E-state index contributed by atoms with van der Waals surface area (Å²) in [7, 11) is 0. The van der Waals surface area contributed by atoms with Crippen LogP contribution in [0.5, 0.6) is 0 Å². The molecule has 0 saturated heterocycles. The Balaban J connectivity index is 1.88. The molecule has 6 nitrogen and oxygen atoms in total. The van der Waals surface area contributed by atoms with Crippen LogP contribution in [0.3, 0.4) is 0 Å². The summed E-state index contributed by atoms with van der Waals surface area (Å²) in [6.45, 7) is 2.06. The molecular formula is C17H16N6S. The second kappa shape index (κ2) is 6.11. The number of hydrogen-bond acceptors (Lipinski definition) is 5. The molecule has 0 radical (unpaired) electrons. The van der Waals surface area contributed by atoms with Gasteiger partial charge in [0, 0.05) is 15.5 Å². The standard InChI is InChI=1S/C17H16N6S/c1-10-6-8-11(9-7-10)19-15-14-12-4-2-3-5-13(12)24-16(14)21-17(20-15)22-23-18/h6-9H,2-5H2,1H3,(H,19,20,21). The molecule has 1 aliphatic carbocycles. The number of hydrogen-bond donors (Lipinski definition) is 1. The number of thiophene rings is 1. The summed E-state index contributed by atoms with van der Waals surface area (Å²) in [6, 6.07) is 8.15. The Morgan fingerprint density at radius 2 is 1.96 bits per heavy atom. The smallest absolute Gasteiger partial charge is 0.219 e. The van der Waals surface area contributed by atoms with E-state index in [1.54, 1.807) is 11.3 Å². The van der Waals surface area contributed by atoms with Gasteiger partial charge in [-0.1, -0.05) is 17.7 Å². The molecule has 0 fully saturated rings. The molecule has 0 spiro atoms. The van der Waals surface area contributed by atoms with Crippen molar-refractivity contribution in [1.82, 2.24) is 9.97 Å². The van der Waals surface area contributed by atoms with Crippen molar-refractivity contribution in [3.8, 4) is 0 Å². The fraction of sp³-hybridized carbons (Fsp3) is 0.294. The monoisotopic (exact) mass is 336 g/mol. The van der Waals surface area contributed by atoms with Gasteiger partial charge in [-0.3, -0.25) is 0 Å². The molecule has 24 heavy (non-hydrogen) atoms. The molecule has 0 aliphatic heterocycles. The fourth-order valence-electron chi connectivity index (χ4n) is 3.09. The van der Waals surface area contributed by atoms with Crippen molar-refractivity contribution in [1.29, 1.82) is 0 Å². The largest absolute Gasteiger partial charge is 0.340 e. The number of aromatic nitrogens is 2. The molecule has 3 aromatic rings. The van der Waals surface area contributed by atoms with Crippen LogP contribution in [0.4, 0.5) is 17.5 Å². The number of fused-ring (bicyclic) bond motifs is 3. The number of nitrogens with one attached hydrogen (secondary N) is 1. The van der Waals surface area contributed by atoms with Gasteiger partial charge >= 0.3 is 0 Å². The summed E-state index contributed by atoms with van der Waals surface area (Å²) < 4.78 is 0. The molecule has 1 aliphatic rings. The highest BCUT2D eigenvalue weighted by Gasteiger charge is 2.21. The lowest BCUT2D eigenvalue weighted by atomic mass is 9.97. The third kappa shape index (κ3) is 2.68. The summed E-state index contributed by atoms with van der Waals surface area (Å²) in [5.74, 6) is 0.892. The molecule has 0 amide bonds. The zero-order chi connectivity index (χ0) is 16.5. The molecular weight excluding hydrogens is 320 g/mol. The van der Waals surface area contributed by atoms with E-state index in [4.69, 9.17) is 5.53 Å². The average Bonchev–Trinajstić information content (AvgIpc) is 2.96. The van der Waals surface area contributed by atoms with Gasteiger partial charge in [0.1, 0.15) is 10.6 Å². The van der Waals surface area contributed by atoms with Crippen LogP contribution in [0.1, 0.15) is 28.8 Å². The highest BCUT2D eigenvalue weighted by molar-refractivity contribution is 7.19. The Labute approximate surface area is 143 Å². The Kier molecular flexibility index (Phi) is 3.80. The van der Waals surface area contributed by atoms with Crippen LogP contribution in [-0.2, 0) is 12.8 Å². The summed E-state index contributed by atoms with van der Waals surface area (Å²) in [6.07, 6.45) is 4.57. The van der Waals surface area contributed by atoms with E-state index in [0.29, 0.717) is 0 Å². The first kappa shape index (κ1) is 14.9. The number of rotatable bonds is 3. The Bertz CT molecular complexity index is 953. The lowest BCUT2D eigenvalue weighted by Gasteiger charge is -2.13. The molecule has 1 N–H and O–H groups in total. The van der Waals surface area contributed by atoms with E-state index in [2.05, 4.69) is 44.4 Å². The maximum atomic E-state index is 8.73. The minimum absolute atomic E-state index is 0.165. The van der Waals surface area contributed by atoms with Gasteiger partial charge in [-0.05, 0) is 60.9 Å². The first-order valence-corrected chi connectivity index (χ1v) is 8.77. The number of anilines is 2. The molecule has 7 heteroatoms. The van der Waals surface area contributed by atoms with E-state index < -0.39 is 0 Å². The summed E-state index contributed by atoms with van der Waals surface area (Å²) in [4.78, 5) is 14.0. The van der Waals surface area contributed by atoms with Crippen LogP contribution < -0.4 is 5.32 Å². The number of aryl methyl sites for hydroxylation is 3. The molecule has 1 aromatic carbocycles. The summed E-state index contributed by atoms with van der Waals surface area (Å²) >= 11 is 1.69. The Hall–Kier alpha value is -2.63. The topological polar surface area (TPSA) is 86.6 Å². The van der Waals surface area contributed by atoms with Gasteiger partial charge in [-0.25, -0.2) is 9.97 Å². The third-order valence-corrected chi connectivity index (χ3v) is 5.44. The number of nitrogens with zero attached hydrogens (tertiary/aromatic N) is 5. The highest BCUT2D eigenvalue weighted by Crippen LogP contribution is 2.40. The molecule has 0 atom stereocenters. The zero-order valence-electron chi connectivity index (χ0n) is 13.3. The highest BCUT2D eigenvalue weighted by atomic mass is 32.1. The van der Waals surface area contributed by atoms with Crippen LogP contribution >= 0.6 is 11.3 Å². The van der Waals surface area contributed by atoms with Crippen molar-refractivity contribution in [2.75, 3.05) is 5.32 Å². The lowest BCUT2D eigenvalue weighted by Crippen LogP contribution is -2.01. The van der Waals surface area contributed by atoms with Gasteiger partial charge in [0.2, 0.25) is 5.95 Å². The SMILES string of the molecule is Cc1ccc(Nc2nc(N=[N+]=[N-])nc3sc4c(c23)CCCC4)cc1. The van der Waals surface area contributed by atoms with E-state index in [1.807, 2.05) is 12.1 Å². The second-order valence-corrected chi connectivity index (χ2v) is 7.03. The van der Waals surface area contributed by atoms with Crippen molar-refractivity contribution in [2.45, 2.75) is 32.6 Å². The number of azide groups is 1. The van der Waals surface area contributed by atoms with Gasteiger partial charge in [0.15, 0.2) is 0 Å². The first-order chi connectivity index (χ1) is 11.7. The van der Waals surface area contributed by atoms with Crippen LogP contribution in [-0.4, -0.2) is 9.97 Å². The molecule has 2 heterocycles. The first-order valence-electron chi connectivity index (χ1n) is 7.95. The molecule has 4 rings (SSSR count). The minimum atomic E-state index is 0.165. The maximum absolute atomic E-state index is 8.73. The van der Waals surface area contributed by atoms with Gasteiger partial charge in [-0.2, -0.15) is 0 Å². The number of benzene rings is 1. The van der Waals surface area contributed by atoms with Crippen LogP contribution in [0.15, 0.2) is 29.4 Å². The van der Waals surface area contributed by atoms with Crippen molar-refractivity contribution < 1.29 is 0 Å². The molecule has 2 aromatic heterocycles. The van der Waals surface area contributed by atoms with Crippen molar-refractivity contribution in [3.05, 3.63) is 50.7 Å². The predicted molar refractivity (Wildman–Crippen MR) is 97.3 cm³/mol. The second-order valence-electron chi connectivity index (χ2n) is 5.94. The van der Waals surface area contributed by atoms with Crippen LogP contribution in [0.2, 0.25) is 0 Å². The lowest BCUT2D eigenvalue weighted by molar-refractivity contribution is 0.700. The third-order valence-electron chi connectivity index (χ3n) is 4.25. The van der Waals surface area contributed by atoms with E-state index in [0.717, 1.165) is 34.6 Å². The van der Waals surface area contributed by atoms with Crippen LogP contribution in [0.25, 0.3) is 20.7 Å². The normalized spacial score (nSPS) is 13.4. The van der Waals surface area contributed by atoms with Gasteiger partial charge < -0.3 is 5.32 Å². The maximum Gasteiger partial charge on any atom is 0.219 e. The van der Waals surface area contributed by atoms with Gasteiger partial charge in [-0.15, -0.1) is 11.3 Å². The Morgan fingerprint density at radius 1 is 1.17 bits per heavy atom. The van der Waals surface area contributed by atoms with Crippen molar-refractivity contribution in [3.63, 3.8) is 0 Å². The summed E-state index contributed by atoms with van der Waals surface area (Å²) in [5, 5.41) is 8.06. The minimum Gasteiger partial charge on any atom is -0.340 e. The fourth-order valence-corrected chi connectivity index (χ4v) is 4.35. The molecule has 0 bridgehead atoms. The molecule has 0 saturated carbocycles. The quantitative estimate of drug-likeness (QED) is 0.385. The molecule has 120 valence electrons. The Morgan fingerprint density at radius 3 is 2.75 bits per heavy atom. The van der Waals surface area contributed by atoms with Crippen molar-refractivity contribution in [2.24, 2.45) is 5.11 Å². The molecule has 0 unspecified atom stereocenters. The van der Waals surface area contributed by atoms with Gasteiger partial charge in [0.25, 0.3) is 0 Å². The van der Waals surface area contributed by atoms with E-state index in [9.17, 15) is 0 Å². The summed E-state index contributed by atoms with van der Waals surface area (Å²) in [5.41, 5.74) is 12.2.